The molecule has 2 amide bonds. The van der Waals surface area contributed by atoms with Crippen LogP contribution in [0.25, 0.3) is 0 Å². The molecule has 1 N–H and O–H groups in total. The van der Waals surface area contributed by atoms with E-state index in [1.807, 2.05) is 32.0 Å². The maximum absolute atomic E-state index is 13.1. The number of halogens is 2. The number of carbonyl (C=O) groups excluding carboxylic acids is 2. The van der Waals surface area contributed by atoms with Gasteiger partial charge in [0.1, 0.15) is 11.8 Å². The molecule has 28 heavy (non-hydrogen) atoms. The van der Waals surface area contributed by atoms with Crippen molar-refractivity contribution in [1.29, 1.82) is 0 Å². The number of hydrogen-bond donors (Lipinski definition) is 1. The van der Waals surface area contributed by atoms with E-state index in [0.717, 1.165) is 10.0 Å². The predicted molar refractivity (Wildman–Crippen MR) is 115 cm³/mol. The SMILES string of the molecule is COc1ccc(Br)cc1CN(C)C(=O)[C@@H](NC(=O)c1ccccc1Cl)C(C)C. The third-order valence-electron chi connectivity index (χ3n) is 4.36. The summed E-state index contributed by atoms with van der Waals surface area (Å²) in [6.45, 7) is 4.14. The van der Waals surface area contributed by atoms with E-state index in [1.54, 1.807) is 43.3 Å². The molecule has 0 heterocycles. The summed E-state index contributed by atoms with van der Waals surface area (Å²) in [5.74, 6) is 0.0540. The van der Waals surface area contributed by atoms with E-state index in [9.17, 15) is 9.59 Å². The second-order valence-corrected chi connectivity index (χ2v) is 8.15. The Morgan fingerprint density at radius 1 is 1.21 bits per heavy atom. The van der Waals surface area contributed by atoms with Gasteiger partial charge in [-0.2, -0.15) is 0 Å². The van der Waals surface area contributed by atoms with Gasteiger partial charge in [0, 0.05) is 23.6 Å². The molecular weight excluding hydrogens is 444 g/mol. The molecule has 0 spiro atoms. The van der Waals surface area contributed by atoms with E-state index < -0.39 is 6.04 Å². The summed E-state index contributed by atoms with van der Waals surface area (Å²) in [7, 11) is 3.30. The van der Waals surface area contributed by atoms with Crippen molar-refractivity contribution in [1.82, 2.24) is 10.2 Å². The number of benzene rings is 2. The van der Waals surface area contributed by atoms with Crippen LogP contribution in [0.15, 0.2) is 46.9 Å². The van der Waals surface area contributed by atoms with Crippen LogP contribution in [0.5, 0.6) is 5.75 Å². The normalized spacial score (nSPS) is 11.8. The van der Waals surface area contributed by atoms with E-state index in [2.05, 4.69) is 21.2 Å². The summed E-state index contributed by atoms with van der Waals surface area (Å²) in [4.78, 5) is 27.3. The molecule has 2 aromatic rings. The zero-order valence-corrected chi connectivity index (χ0v) is 18.7. The quantitative estimate of drug-likeness (QED) is 0.651. The third kappa shape index (κ3) is 5.49. The van der Waals surface area contributed by atoms with Crippen molar-refractivity contribution >= 4 is 39.3 Å². The van der Waals surface area contributed by atoms with Crippen molar-refractivity contribution in [2.24, 2.45) is 5.92 Å². The molecule has 7 heteroatoms. The van der Waals surface area contributed by atoms with Crippen LogP contribution in [0.2, 0.25) is 5.02 Å². The van der Waals surface area contributed by atoms with E-state index in [-0.39, 0.29) is 17.7 Å². The van der Waals surface area contributed by atoms with Gasteiger partial charge in [-0.3, -0.25) is 9.59 Å². The summed E-state index contributed by atoms with van der Waals surface area (Å²) in [5.41, 5.74) is 1.21. The number of ether oxygens (including phenoxy) is 1. The van der Waals surface area contributed by atoms with Crippen LogP contribution in [-0.2, 0) is 11.3 Å². The van der Waals surface area contributed by atoms with Crippen molar-refractivity contribution in [3.05, 3.63) is 63.1 Å². The molecule has 0 aliphatic rings. The number of carbonyl (C=O) groups is 2. The molecule has 0 saturated heterocycles. The van der Waals surface area contributed by atoms with E-state index in [4.69, 9.17) is 16.3 Å². The predicted octanol–water partition coefficient (Wildman–Crippen LogP) is 4.52. The maximum atomic E-state index is 13.1. The lowest BCUT2D eigenvalue weighted by Crippen LogP contribution is -2.50. The Hall–Kier alpha value is -2.05. The lowest BCUT2D eigenvalue weighted by atomic mass is 10.0. The Kier molecular flexibility index (Phi) is 7.89. The summed E-state index contributed by atoms with van der Waals surface area (Å²) in [6, 6.07) is 11.7. The Morgan fingerprint density at radius 2 is 1.89 bits per heavy atom. The zero-order chi connectivity index (χ0) is 20.8. The van der Waals surface area contributed by atoms with E-state index in [0.29, 0.717) is 22.9 Å². The first kappa shape index (κ1) is 22.2. The first-order chi connectivity index (χ1) is 13.2. The zero-order valence-electron chi connectivity index (χ0n) is 16.3. The minimum absolute atomic E-state index is 0.0919. The molecule has 2 aromatic carbocycles. The van der Waals surface area contributed by atoms with Gasteiger partial charge in [0.25, 0.3) is 5.91 Å². The smallest absolute Gasteiger partial charge is 0.253 e. The van der Waals surface area contributed by atoms with E-state index in [1.165, 1.54) is 0 Å². The van der Waals surface area contributed by atoms with Gasteiger partial charge in [0.15, 0.2) is 0 Å². The van der Waals surface area contributed by atoms with Crippen LogP contribution >= 0.6 is 27.5 Å². The van der Waals surface area contributed by atoms with Gasteiger partial charge in [-0.05, 0) is 36.2 Å². The number of nitrogens with one attached hydrogen (secondary N) is 1. The second-order valence-electron chi connectivity index (χ2n) is 6.83. The highest BCUT2D eigenvalue weighted by atomic mass is 79.9. The van der Waals surface area contributed by atoms with E-state index >= 15 is 0 Å². The highest BCUT2D eigenvalue weighted by Gasteiger charge is 2.28. The summed E-state index contributed by atoms with van der Waals surface area (Å²) < 4.78 is 6.28. The third-order valence-corrected chi connectivity index (χ3v) is 5.19. The summed E-state index contributed by atoms with van der Waals surface area (Å²) in [6.07, 6.45) is 0. The van der Waals surface area contributed by atoms with Crippen molar-refractivity contribution in [3.63, 3.8) is 0 Å². The molecule has 0 bridgehead atoms. The number of amides is 2. The Morgan fingerprint density at radius 3 is 2.50 bits per heavy atom. The van der Waals surface area contributed by atoms with Gasteiger partial charge in [0.2, 0.25) is 5.91 Å². The molecule has 5 nitrogen and oxygen atoms in total. The molecule has 0 fully saturated rings. The van der Waals surface area contributed by atoms with Gasteiger partial charge in [-0.1, -0.05) is 53.5 Å². The summed E-state index contributed by atoms with van der Waals surface area (Å²) >= 11 is 9.55. The fourth-order valence-electron chi connectivity index (χ4n) is 2.82. The number of likely N-dealkylation sites (N-methyl/N-ethyl adjacent to an activating group) is 1. The topological polar surface area (TPSA) is 58.6 Å². The van der Waals surface area contributed by atoms with Gasteiger partial charge in [-0.15, -0.1) is 0 Å². The molecule has 2 rings (SSSR count). The minimum atomic E-state index is -0.674. The molecule has 0 unspecified atom stereocenters. The largest absolute Gasteiger partial charge is 0.496 e. The van der Waals surface area contributed by atoms with Gasteiger partial charge in [0.05, 0.1) is 17.7 Å². The number of methoxy groups -OCH3 is 1. The number of nitrogens with zero attached hydrogens (tertiary/aromatic N) is 1. The molecule has 0 aromatic heterocycles. The number of hydrogen-bond acceptors (Lipinski definition) is 3. The van der Waals surface area contributed by atoms with Gasteiger partial charge < -0.3 is 15.0 Å². The van der Waals surface area contributed by atoms with Gasteiger partial charge >= 0.3 is 0 Å². The Balaban J connectivity index is 2.17. The second kappa shape index (κ2) is 9.94. The molecule has 0 aliphatic heterocycles. The maximum Gasteiger partial charge on any atom is 0.253 e. The fraction of sp³-hybridized carbons (Fsp3) is 0.333. The van der Waals surface area contributed by atoms with Gasteiger partial charge in [-0.25, -0.2) is 0 Å². The first-order valence-corrected chi connectivity index (χ1v) is 10.0. The average Bonchev–Trinajstić information content (AvgIpc) is 2.65. The van der Waals surface area contributed by atoms with Crippen LogP contribution in [0.1, 0.15) is 29.8 Å². The van der Waals surface area contributed by atoms with Crippen LogP contribution in [0, 0.1) is 5.92 Å². The Labute approximate surface area is 179 Å². The first-order valence-electron chi connectivity index (χ1n) is 8.87. The molecule has 0 radical (unpaired) electrons. The molecule has 1 atom stereocenters. The molecule has 150 valence electrons. The van der Waals surface area contributed by atoms with Crippen molar-refractivity contribution in [3.8, 4) is 5.75 Å². The lowest BCUT2D eigenvalue weighted by molar-refractivity contribution is -0.133. The highest BCUT2D eigenvalue weighted by molar-refractivity contribution is 9.10. The Bertz CT molecular complexity index is 857. The lowest BCUT2D eigenvalue weighted by Gasteiger charge is -2.27. The van der Waals surface area contributed by atoms with Crippen LogP contribution < -0.4 is 10.1 Å². The highest BCUT2D eigenvalue weighted by Crippen LogP contribution is 2.24. The molecular formula is C21H24BrClN2O3. The monoisotopic (exact) mass is 466 g/mol. The number of rotatable bonds is 7. The standard InChI is InChI=1S/C21H24BrClN2O3/c1-13(2)19(24-20(26)16-7-5-6-8-17(16)23)21(27)25(3)12-14-11-15(22)9-10-18(14)28-4/h5-11,13,19H,12H2,1-4H3,(H,24,26)/t19-/m0/s1. The van der Waals surface area contributed by atoms with Crippen molar-refractivity contribution < 1.29 is 14.3 Å². The fourth-order valence-corrected chi connectivity index (χ4v) is 3.45. The minimum Gasteiger partial charge on any atom is -0.496 e. The molecule has 0 aliphatic carbocycles. The van der Waals surface area contributed by atoms with Crippen LogP contribution in [0.4, 0.5) is 0 Å². The van der Waals surface area contributed by atoms with Crippen LogP contribution in [-0.4, -0.2) is 36.9 Å². The molecule has 0 saturated carbocycles. The van der Waals surface area contributed by atoms with Crippen LogP contribution in [0.3, 0.4) is 0 Å². The van der Waals surface area contributed by atoms with Crippen molar-refractivity contribution in [2.75, 3.05) is 14.2 Å². The average molecular weight is 468 g/mol. The summed E-state index contributed by atoms with van der Waals surface area (Å²) in [5, 5.41) is 3.17. The van der Waals surface area contributed by atoms with Crippen molar-refractivity contribution in [2.45, 2.75) is 26.4 Å².